The Morgan fingerprint density at radius 1 is 0.929 bits per heavy atom. The van der Waals surface area contributed by atoms with Crippen molar-refractivity contribution in [2.45, 2.75) is 11.8 Å². The van der Waals surface area contributed by atoms with E-state index < -0.39 is 0 Å². The number of thiazole rings is 2. The minimum Gasteiger partial charge on any atom is -0.345 e. The van der Waals surface area contributed by atoms with Gasteiger partial charge in [-0.2, -0.15) is 0 Å². The van der Waals surface area contributed by atoms with Crippen LogP contribution in [0.25, 0.3) is 20.4 Å². The molecule has 4 nitrogen and oxygen atoms in total. The lowest BCUT2D eigenvalue weighted by Crippen LogP contribution is -2.46. The van der Waals surface area contributed by atoms with E-state index in [1.54, 1.807) is 34.4 Å². The van der Waals surface area contributed by atoms with Gasteiger partial charge in [-0.3, -0.25) is 0 Å². The lowest BCUT2D eigenvalue weighted by molar-refractivity contribution is 0.651. The molecule has 0 bridgehead atoms. The summed E-state index contributed by atoms with van der Waals surface area (Å²) < 4.78 is 2.43. The zero-order chi connectivity index (χ0) is 19.3. The van der Waals surface area contributed by atoms with Gasteiger partial charge in [-0.25, -0.2) is 9.97 Å². The summed E-state index contributed by atoms with van der Waals surface area (Å²) in [6.07, 6.45) is 2.11. The van der Waals surface area contributed by atoms with Crippen molar-refractivity contribution in [2.24, 2.45) is 0 Å². The second-order valence-corrected chi connectivity index (χ2v) is 10.2. The Morgan fingerprint density at radius 2 is 1.61 bits per heavy atom. The summed E-state index contributed by atoms with van der Waals surface area (Å²) in [5, 5.41) is 3.00. The molecule has 4 aromatic rings. The van der Waals surface area contributed by atoms with Crippen LogP contribution in [0.4, 0.5) is 10.3 Å². The van der Waals surface area contributed by atoms with E-state index in [1.165, 1.54) is 14.3 Å². The van der Waals surface area contributed by atoms with E-state index in [0.29, 0.717) is 0 Å². The Hall–Kier alpha value is -1.54. The van der Waals surface area contributed by atoms with Gasteiger partial charge in [-0.15, -0.1) is 11.8 Å². The predicted molar refractivity (Wildman–Crippen MR) is 125 cm³/mol. The number of aryl methyl sites for hydroxylation is 1. The van der Waals surface area contributed by atoms with E-state index in [2.05, 4.69) is 41.2 Å². The number of aromatic nitrogens is 2. The van der Waals surface area contributed by atoms with Gasteiger partial charge >= 0.3 is 0 Å². The maximum Gasteiger partial charge on any atom is 0.186 e. The third kappa shape index (κ3) is 3.34. The van der Waals surface area contributed by atoms with Gasteiger partial charge in [0.15, 0.2) is 10.3 Å². The molecule has 0 spiro atoms. The zero-order valence-corrected chi connectivity index (χ0v) is 18.8. The standard InChI is InChI=1S/C20H19ClN4S3/c1-12-9-13(21)10-17-18(12)23-20(28-17)25-7-5-24(6-8-25)19-22-15-4-3-14(26-2)11-16(15)27-19/h3-4,9-11H,5-8H2,1-2H3. The van der Waals surface area contributed by atoms with Gasteiger partial charge in [0.05, 0.1) is 20.4 Å². The molecule has 3 heterocycles. The number of thioether (sulfide) groups is 1. The van der Waals surface area contributed by atoms with Crippen LogP contribution in [0.5, 0.6) is 0 Å². The van der Waals surface area contributed by atoms with Crippen molar-refractivity contribution < 1.29 is 0 Å². The minimum absolute atomic E-state index is 0.783. The van der Waals surface area contributed by atoms with Crippen LogP contribution >= 0.6 is 46.0 Å². The highest BCUT2D eigenvalue weighted by atomic mass is 35.5. The highest BCUT2D eigenvalue weighted by Crippen LogP contribution is 2.35. The van der Waals surface area contributed by atoms with Crippen molar-refractivity contribution in [3.63, 3.8) is 0 Å². The number of rotatable bonds is 3. The van der Waals surface area contributed by atoms with Crippen LogP contribution in [0.2, 0.25) is 5.02 Å². The lowest BCUT2D eigenvalue weighted by atomic mass is 10.2. The van der Waals surface area contributed by atoms with Crippen molar-refractivity contribution in [1.82, 2.24) is 9.97 Å². The molecular weight excluding hydrogens is 428 g/mol. The molecule has 0 unspecified atom stereocenters. The van der Waals surface area contributed by atoms with E-state index >= 15 is 0 Å². The summed E-state index contributed by atoms with van der Waals surface area (Å²) in [4.78, 5) is 15.8. The molecule has 0 saturated carbocycles. The molecule has 0 N–H and O–H groups in total. The van der Waals surface area contributed by atoms with Crippen molar-refractivity contribution in [1.29, 1.82) is 0 Å². The largest absolute Gasteiger partial charge is 0.345 e. The maximum absolute atomic E-state index is 6.21. The summed E-state index contributed by atoms with van der Waals surface area (Å²) >= 11 is 11.5. The van der Waals surface area contributed by atoms with Gasteiger partial charge in [-0.1, -0.05) is 34.3 Å². The zero-order valence-electron chi connectivity index (χ0n) is 15.6. The average molecular weight is 447 g/mol. The normalized spacial score (nSPS) is 15.1. The highest BCUT2D eigenvalue weighted by molar-refractivity contribution is 7.98. The van der Waals surface area contributed by atoms with Gasteiger partial charge in [0.2, 0.25) is 0 Å². The first kappa shape index (κ1) is 18.5. The summed E-state index contributed by atoms with van der Waals surface area (Å²) in [6.45, 7) is 5.91. The molecular formula is C20H19ClN4S3. The van der Waals surface area contributed by atoms with E-state index in [1.807, 2.05) is 12.1 Å². The summed E-state index contributed by atoms with van der Waals surface area (Å²) in [7, 11) is 0. The maximum atomic E-state index is 6.21. The van der Waals surface area contributed by atoms with E-state index in [9.17, 15) is 0 Å². The van der Waals surface area contributed by atoms with E-state index in [-0.39, 0.29) is 0 Å². The second kappa shape index (κ2) is 7.37. The Kier molecular flexibility index (Phi) is 4.87. The topological polar surface area (TPSA) is 32.3 Å². The molecule has 1 aliphatic heterocycles. The molecule has 5 rings (SSSR count). The highest BCUT2D eigenvalue weighted by Gasteiger charge is 2.22. The fourth-order valence-electron chi connectivity index (χ4n) is 3.52. The number of hydrogen-bond donors (Lipinski definition) is 0. The van der Waals surface area contributed by atoms with Crippen LogP contribution in [0.3, 0.4) is 0 Å². The van der Waals surface area contributed by atoms with Crippen LogP contribution in [0.1, 0.15) is 5.56 Å². The van der Waals surface area contributed by atoms with Gasteiger partial charge in [0, 0.05) is 36.1 Å². The van der Waals surface area contributed by atoms with Crippen molar-refractivity contribution in [2.75, 3.05) is 42.2 Å². The Bertz CT molecular complexity index is 1160. The first-order valence-corrected chi connectivity index (χ1v) is 12.4. The van der Waals surface area contributed by atoms with Crippen molar-refractivity contribution in [3.05, 3.63) is 40.9 Å². The number of nitrogens with zero attached hydrogens (tertiary/aromatic N) is 4. The van der Waals surface area contributed by atoms with Gasteiger partial charge < -0.3 is 9.80 Å². The molecule has 0 radical (unpaired) electrons. The third-order valence-electron chi connectivity index (χ3n) is 5.04. The molecule has 1 fully saturated rings. The van der Waals surface area contributed by atoms with Crippen molar-refractivity contribution >= 4 is 76.7 Å². The Morgan fingerprint density at radius 3 is 2.32 bits per heavy atom. The van der Waals surface area contributed by atoms with Crippen LogP contribution in [0.15, 0.2) is 35.2 Å². The minimum atomic E-state index is 0.783. The number of fused-ring (bicyclic) bond motifs is 2. The van der Waals surface area contributed by atoms with Crippen LogP contribution in [-0.4, -0.2) is 42.4 Å². The molecule has 0 atom stereocenters. The quantitative estimate of drug-likeness (QED) is 0.365. The van der Waals surface area contributed by atoms with Crippen LogP contribution < -0.4 is 9.80 Å². The molecule has 0 amide bonds. The number of hydrogen-bond acceptors (Lipinski definition) is 7. The van der Waals surface area contributed by atoms with Crippen molar-refractivity contribution in [3.8, 4) is 0 Å². The molecule has 8 heteroatoms. The predicted octanol–water partition coefficient (Wildman–Crippen LogP) is 5.92. The second-order valence-electron chi connectivity index (χ2n) is 6.87. The molecule has 28 heavy (non-hydrogen) atoms. The number of piperazine rings is 1. The Balaban J connectivity index is 1.34. The molecule has 0 aliphatic carbocycles. The molecule has 1 saturated heterocycles. The summed E-state index contributed by atoms with van der Waals surface area (Å²) in [5.74, 6) is 0. The first-order valence-electron chi connectivity index (χ1n) is 9.12. The van der Waals surface area contributed by atoms with Crippen LogP contribution in [-0.2, 0) is 0 Å². The number of benzene rings is 2. The fourth-order valence-corrected chi connectivity index (χ4v) is 6.56. The number of anilines is 2. The van der Waals surface area contributed by atoms with E-state index in [0.717, 1.165) is 58.1 Å². The Labute approximate surface area is 181 Å². The monoisotopic (exact) mass is 446 g/mol. The smallest absolute Gasteiger partial charge is 0.186 e. The van der Waals surface area contributed by atoms with Gasteiger partial charge in [0.1, 0.15) is 0 Å². The third-order valence-corrected chi connectivity index (χ3v) is 8.13. The lowest BCUT2D eigenvalue weighted by Gasteiger charge is -2.34. The van der Waals surface area contributed by atoms with Crippen LogP contribution in [0, 0.1) is 6.92 Å². The molecule has 1 aliphatic rings. The molecule has 2 aromatic heterocycles. The summed E-state index contributed by atoms with van der Waals surface area (Å²) in [6, 6.07) is 10.5. The molecule has 144 valence electrons. The van der Waals surface area contributed by atoms with Gasteiger partial charge in [0.25, 0.3) is 0 Å². The van der Waals surface area contributed by atoms with Gasteiger partial charge in [-0.05, 0) is 49.1 Å². The SMILES string of the molecule is CSc1ccc2nc(N3CCN(c4nc5c(C)cc(Cl)cc5s4)CC3)sc2c1. The first-order chi connectivity index (χ1) is 13.6. The summed E-state index contributed by atoms with van der Waals surface area (Å²) in [5.41, 5.74) is 3.31. The average Bonchev–Trinajstić information content (AvgIpc) is 3.31. The fraction of sp³-hybridized carbons (Fsp3) is 0.300. The number of halogens is 1. The molecule has 2 aromatic carbocycles. The van der Waals surface area contributed by atoms with E-state index in [4.69, 9.17) is 21.6 Å².